The molecule has 0 aliphatic rings. The van der Waals surface area contributed by atoms with E-state index in [1.165, 1.54) is 12.1 Å². The van der Waals surface area contributed by atoms with Crippen molar-refractivity contribution in [1.29, 1.82) is 0 Å². The molecule has 0 atom stereocenters. The van der Waals surface area contributed by atoms with Crippen LogP contribution in [0.5, 0.6) is 5.75 Å². The minimum absolute atomic E-state index is 0.251. The molecule has 0 aliphatic heterocycles. The van der Waals surface area contributed by atoms with Crippen molar-refractivity contribution < 1.29 is 13.9 Å². The van der Waals surface area contributed by atoms with Gasteiger partial charge in [0.1, 0.15) is 11.6 Å². The fourth-order valence-corrected chi connectivity index (χ4v) is 2.04. The Bertz CT molecular complexity index is 632. The predicted octanol–water partition coefficient (Wildman–Crippen LogP) is 2.88. The van der Waals surface area contributed by atoms with Crippen molar-refractivity contribution in [3.05, 3.63) is 65.5 Å². The smallest absolute Gasteiger partial charge is 0.315 e. The molecule has 0 heterocycles. The fourth-order valence-electron chi connectivity index (χ4n) is 2.04. The normalized spacial score (nSPS) is 10.1. The van der Waals surface area contributed by atoms with Crippen LogP contribution in [0.15, 0.2) is 48.5 Å². The van der Waals surface area contributed by atoms with Gasteiger partial charge in [-0.05, 0) is 41.8 Å². The van der Waals surface area contributed by atoms with Crippen LogP contribution in [0.1, 0.15) is 11.1 Å². The summed E-state index contributed by atoms with van der Waals surface area (Å²) in [5.41, 5.74) is 1.81. The summed E-state index contributed by atoms with van der Waals surface area (Å²) in [6, 6.07) is 13.6. The van der Waals surface area contributed by atoms with Crippen molar-refractivity contribution in [1.82, 2.24) is 10.6 Å². The van der Waals surface area contributed by atoms with Crippen LogP contribution < -0.4 is 15.4 Å². The van der Waals surface area contributed by atoms with E-state index in [0.717, 1.165) is 16.9 Å². The van der Waals surface area contributed by atoms with Crippen LogP contribution in [0.2, 0.25) is 0 Å². The maximum Gasteiger partial charge on any atom is 0.315 e. The molecule has 116 valence electrons. The Morgan fingerprint density at radius 3 is 2.64 bits per heavy atom. The zero-order valence-corrected chi connectivity index (χ0v) is 12.4. The number of halogens is 1. The first-order valence-corrected chi connectivity index (χ1v) is 7.06. The Balaban J connectivity index is 1.71. The van der Waals surface area contributed by atoms with E-state index in [4.69, 9.17) is 4.74 Å². The van der Waals surface area contributed by atoms with E-state index in [-0.39, 0.29) is 11.8 Å². The highest BCUT2D eigenvalue weighted by Crippen LogP contribution is 2.12. The highest BCUT2D eigenvalue weighted by molar-refractivity contribution is 5.73. The lowest BCUT2D eigenvalue weighted by Crippen LogP contribution is -2.36. The molecule has 2 amide bonds. The molecule has 0 saturated heterocycles. The minimum Gasteiger partial charge on any atom is -0.497 e. The van der Waals surface area contributed by atoms with Gasteiger partial charge in [0.2, 0.25) is 0 Å². The summed E-state index contributed by atoms with van der Waals surface area (Å²) in [5.74, 6) is 0.491. The van der Waals surface area contributed by atoms with Gasteiger partial charge in [-0.15, -0.1) is 0 Å². The maximum absolute atomic E-state index is 13.0. The molecule has 0 saturated carbocycles. The molecule has 2 aromatic carbocycles. The zero-order chi connectivity index (χ0) is 15.8. The maximum atomic E-state index is 13.0. The fraction of sp³-hybridized carbons (Fsp3) is 0.235. The first-order valence-electron chi connectivity index (χ1n) is 7.06. The first-order chi connectivity index (χ1) is 10.7. The number of amides is 2. The number of rotatable bonds is 6. The average Bonchev–Trinajstić information content (AvgIpc) is 2.53. The lowest BCUT2D eigenvalue weighted by molar-refractivity contribution is 0.240. The van der Waals surface area contributed by atoms with Crippen LogP contribution in [0, 0.1) is 5.82 Å². The van der Waals surface area contributed by atoms with Crippen molar-refractivity contribution in [2.45, 2.75) is 13.0 Å². The Kier molecular flexibility index (Phi) is 5.77. The van der Waals surface area contributed by atoms with Crippen LogP contribution in [0.4, 0.5) is 9.18 Å². The van der Waals surface area contributed by atoms with E-state index in [9.17, 15) is 9.18 Å². The van der Waals surface area contributed by atoms with Gasteiger partial charge in [-0.1, -0.05) is 24.3 Å². The summed E-state index contributed by atoms with van der Waals surface area (Å²) in [4.78, 5) is 11.7. The third-order valence-electron chi connectivity index (χ3n) is 3.18. The number of carbonyl (C=O) groups excluding carboxylic acids is 1. The number of urea groups is 1. The van der Waals surface area contributed by atoms with Gasteiger partial charge < -0.3 is 15.4 Å². The van der Waals surface area contributed by atoms with Gasteiger partial charge in [-0.2, -0.15) is 0 Å². The number of methoxy groups -OCH3 is 1. The van der Waals surface area contributed by atoms with Crippen molar-refractivity contribution >= 4 is 6.03 Å². The summed E-state index contributed by atoms with van der Waals surface area (Å²) in [7, 11) is 1.60. The van der Waals surface area contributed by atoms with Gasteiger partial charge in [-0.3, -0.25) is 0 Å². The molecular formula is C17H19FN2O2. The molecule has 0 aromatic heterocycles. The second-order valence-corrected chi connectivity index (χ2v) is 4.84. The molecule has 2 aromatic rings. The Morgan fingerprint density at radius 1 is 1.09 bits per heavy atom. The third kappa shape index (κ3) is 5.09. The first kappa shape index (κ1) is 15.8. The average molecular weight is 302 g/mol. The highest BCUT2D eigenvalue weighted by atomic mass is 19.1. The van der Waals surface area contributed by atoms with E-state index >= 15 is 0 Å². The molecule has 4 nitrogen and oxygen atoms in total. The summed E-state index contributed by atoms with van der Waals surface area (Å²) >= 11 is 0. The van der Waals surface area contributed by atoms with E-state index < -0.39 is 0 Å². The van der Waals surface area contributed by atoms with Crippen molar-refractivity contribution in [3.8, 4) is 5.75 Å². The lowest BCUT2D eigenvalue weighted by atomic mass is 10.1. The third-order valence-corrected chi connectivity index (χ3v) is 3.18. The van der Waals surface area contributed by atoms with Crippen molar-refractivity contribution in [2.75, 3.05) is 13.7 Å². The van der Waals surface area contributed by atoms with Gasteiger partial charge in [0.15, 0.2) is 0 Å². The Morgan fingerprint density at radius 2 is 1.86 bits per heavy atom. The minimum atomic E-state index is -0.264. The van der Waals surface area contributed by atoms with Crippen LogP contribution in [-0.4, -0.2) is 19.7 Å². The molecule has 2 N–H and O–H groups in total. The number of nitrogens with one attached hydrogen (secondary N) is 2. The van der Waals surface area contributed by atoms with Crippen LogP contribution in [0.25, 0.3) is 0 Å². The van der Waals surface area contributed by atoms with E-state index in [1.54, 1.807) is 13.2 Å². The predicted molar refractivity (Wildman–Crippen MR) is 83.3 cm³/mol. The topological polar surface area (TPSA) is 50.4 Å². The summed E-state index contributed by atoms with van der Waals surface area (Å²) in [6.45, 7) is 0.871. The molecule has 0 bridgehead atoms. The monoisotopic (exact) mass is 302 g/mol. The quantitative estimate of drug-likeness (QED) is 0.862. The van der Waals surface area contributed by atoms with Crippen molar-refractivity contribution in [2.24, 2.45) is 0 Å². The second-order valence-electron chi connectivity index (χ2n) is 4.84. The molecule has 0 radical (unpaired) electrons. The number of benzene rings is 2. The van der Waals surface area contributed by atoms with Crippen LogP contribution in [0.3, 0.4) is 0 Å². The van der Waals surface area contributed by atoms with Crippen LogP contribution >= 0.6 is 0 Å². The largest absolute Gasteiger partial charge is 0.497 e. The molecule has 0 unspecified atom stereocenters. The van der Waals surface area contributed by atoms with Gasteiger partial charge >= 0.3 is 6.03 Å². The summed E-state index contributed by atoms with van der Waals surface area (Å²) in [6.07, 6.45) is 0.588. The van der Waals surface area contributed by atoms with Gasteiger partial charge in [-0.25, -0.2) is 9.18 Å². The number of hydrogen-bond donors (Lipinski definition) is 2. The second kappa shape index (κ2) is 8.02. The van der Waals surface area contributed by atoms with Gasteiger partial charge in [0.05, 0.1) is 7.11 Å². The van der Waals surface area contributed by atoms with E-state index in [0.29, 0.717) is 19.5 Å². The molecule has 22 heavy (non-hydrogen) atoms. The number of ether oxygens (including phenoxy) is 1. The number of hydrogen-bond acceptors (Lipinski definition) is 2. The summed E-state index contributed by atoms with van der Waals surface area (Å²) in [5, 5.41) is 5.51. The SMILES string of the molecule is COc1cccc(CNC(=O)NCCc2cccc(F)c2)c1. The molecule has 5 heteroatoms. The lowest BCUT2D eigenvalue weighted by Gasteiger charge is -2.09. The van der Waals surface area contributed by atoms with Gasteiger partial charge in [0.25, 0.3) is 0 Å². The molecule has 0 spiro atoms. The number of carbonyl (C=O) groups is 1. The molecule has 0 fully saturated rings. The van der Waals surface area contributed by atoms with E-state index in [2.05, 4.69) is 10.6 Å². The van der Waals surface area contributed by atoms with Gasteiger partial charge in [0, 0.05) is 13.1 Å². The van der Waals surface area contributed by atoms with Crippen LogP contribution in [-0.2, 0) is 13.0 Å². The Hall–Kier alpha value is -2.56. The molecule has 2 rings (SSSR count). The summed E-state index contributed by atoms with van der Waals surface area (Å²) < 4.78 is 18.1. The van der Waals surface area contributed by atoms with E-state index in [1.807, 2.05) is 30.3 Å². The zero-order valence-electron chi connectivity index (χ0n) is 12.4. The molecular weight excluding hydrogens is 283 g/mol. The van der Waals surface area contributed by atoms with Crippen molar-refractivity contribution in [3.63, 3.8) is 0 Å². The highest BCUT2D eigenvalue weighted by Gasteiger charge is 2.02. The standard InChI is InChI=1S/C17H19FN2O2/c1-22-16-7-3-5-14(11-16)12-20-17(21)19-9-8-13-4-2-6-15(18)10-13/h2-7,10-11H,8-9,12H2,1H3,(H2,19,20,21). The molecule has 0 aliphatic carbocycles. The Labute approximate surface area is 129 Å².